The zero-order valence-corrected chi connectivity index (χ0v) is 30.2. The summed E-state index contributed by atoms with van der Waals surface area (Å²) < 4.78 is 0. The molecule has 0 unspecified atom stereocenters. The van der Waals surface area contributed by atoms with Gasteiger partial charge in [-0.15, -0.1) is 0 Å². The van der Waals surface area contributed by atoms with Gasteiger partial charge in [0.1, 0.15) is 6.10 Å². The molecule has 0 spiro atoms. The summed E-state index contributed by atoms with van der Waals surface area (Å²) in [6.45, 7) is 6.38. The van der Waals surface area contributed by atoms with E-state index >= 15 is 0 Å². The predicted octanol–water partition coefficient (Wildman–Crippen LogP) is 5.70. The molecule has 3 N–H and O–H groups in total. The van der Waals surface area contributed by atoms with Crippen LogP contribution in [0.25, 0.3) is 0 Å². The van der Waals surface area contributed by atoms with E-state index in [-0.39, 0.29) is 42.6 Å². The van der Waals surface area contributed by atoms with Crippen LogP contribution in [-0.2, 0) is 20.8 Å². The molecule has 0 aliphatic heterocycles. The van der Waals surface area contributed by atoms with Crippen LogP contribution in [0.1, 0.15) is 109 Å². The van der Waals surface area contributed by atoms with Crippen molar-refractivity contribution in [2.45, 2.75) is 122 Å². The topological polar surface area (TPSA) is 123 Å². The van der Waals surface area contributed by atoms with E-state index in [0.717, 1.165) is 49.8 Å². The van der Waals surface area contributed by atoms with Crippen LogP contribution in [0.5, 0.6) is 0 Å². The van der Waals surface area contributed by atoms with Crippen LogP contribution in [0.4, 0.5) is 0 Å². The van der Waals surface area contributed by atoms with Gasteiger partial charge < -0.3 is 25.3 Å². The van der Waals surface area contributed by atoms with Crippen LogP contribution < -0.4 is 5.32 Å². The summed E-state index contributed by atoms with van der Waals surface area (Å²) in [5.74, 6) is -0.385. The number of pyridine rings is 1. The summed E-state index contributed by atoms with van der Waals surface area (Å²) in [7, 11) is 1.71. The highest BCUT2D eigenvalue weighted by atomic mass is 16.3. The molecule has 2 fully saturated rings. The van der Waals surface area contributed by atoms with Gasteiger partial charge in [-0.25, -0.2) is 0 Å². The van der Waals surface area contributed by atoms with E-state index < -0.39 is 24.2 Å². The minimum absolute atomic E-state index is 0.0287. The second-order valence-electron chi connectivity index (χ2n) is 15.1. The van der Waals surface area contributed by atoms with Gasteiger partial charge in [0, 0.05) is 44.2 Å². The Hall–Kier alpha value is -3.30. The molecule has 9 heteroatoms. The van der Waals surface area contributed by atoms with Crippen LogP contribution in [-0.4, -0.2) is 81.1 Å². The number of benzene rings is 1. The van der Waals surface area contributed by atoms with E-state index in [1.54, 1.807) is 18.1 Å². The molecule has 1 aromatic heterocycles. The Balaban J connectivity index is 1.53. The van der Waals surface area contributed by atoms with Crippen LogP contribution in [0.3, 0.4) is 0 Å². The number of nitrogens with one attached hydrogen (secondary N) is 1. The number of aliphatic hydroxyl groups excluding tert-OH is 2. The molecular formula is C40H60N4O5. The minimum atomic E-state index is -1.12. The summed E-state index contributed by atoms with van der Waals surface area (Å²) in [6, 6.07) is 14.6. The lowest BCUT2D eigenvalue weighted by atomic mass is 9.81. The number of hydrogen-bond acceptors (Lipinski definition) is 6. The summed E-state index contributed by atoms with van der Waals surface area (Å²) >= 11 is 0. The van der Waals surface area contributed by atoms with Crippen molar-refractivity contribution in [3.05, 3.63) is 66.0 Å². The molecule has 0 saturated heterocycles. The Bertz CT molecular complexity index is 1300. The van der Waals surface area contributed by atoms with Gasteiger partial charge in [0.05, 0.1) is 24.7 Å². The van der Waals surface area contributed by atoms with E-state index in [9.17, 15) is 24.6 Å². The Morgan fingerprint density at radius 2 is 1.57 bits per heavy atom. The Labute approximate surface area is 293 Å². The van der Waals surface area contributed by atoms with Gasteiger partial charge in [-0.05, 0) is 61.6 Å². The molecule has 270 valence electrons. The highest BCUT2D eigenvalue weighted by Crippen LogP contribution is 2.40. The Kier molecular flexibility index (Phi) is 15.1. The number of likely N-dealkylation sites (N-methyl/N-ethyl adjacent to an activating group) is 1. The number of carbonyl (C=O) groups excluding carboxylic acids is 3. The number of rotatable bonds is 19. The first kappa shape index (κ1) is 38.5. The fraction of sp³-hybridized carbons (Fsp3) is 0.650. The molecule has 3 amide bonds. The van der Waals surface area contributed by atoms with Crippen molar-refractivity contribution in [2.75, 3.05) is 20.1 Å². The Morgan fingerprint density at radius 3 is 2.20 bits per heavy atom. The molecule has 0 radical (unpaired) electrons. The average molecular weight is 677 g/mol. The zero-order valence-electron chi connectivity index (χ0n) is 30.2. The smallest absolute Gasteiger partial charge is 0.241 e. The molecule has 9 nitrogen and oxygen atoms in total. The number of aromatic nitrogens is 1. The van der Waals surface area contributed by atoms with Crippen molar-refractivity contribution >= 4 is 17.7 Å². The first-order chi connectivity index (χ1) is 23.5. The van der Waals surface area contributed by atoms with Crippen molar-refractivity contribution in [3.63, 3.8) is 0 Å². The van der Waals surface area contributed by atoms with Gasteiger partial charge in [-0.1, -0.05) is 95.2 Å². The van der Waals surface area contributed by atoms with Gasteiger partial charge in [-0.3, -0.25) is 19.4 Å². The molecule has 2 aliphatic carbocycles. The lowest BCUT2D eigenvalue weighted by Crippen LogP contribution is -2.55. The van der Waals surface area contributed by atoms with Crippen LogP contribution >= 0.6 is 0 Å². The number of hydrogen-bond donors (Lipinski definition) is 3. The van der Waals surface area contributed by atoms with Gasteiger partial charge in [0.15, 0.2) is 0 Å². The van der Waals surface area contributed by atoms with Crippen molar-refractivity contribution in [2.24, 2.45) is 23.7 Å². The number of carbonyl (C=O) groups is 3. The molecule has 2 saturated carbocycles. The molecule has 0 bridgehead atoms. The molecule has 2 aliphatic rings. The summed E-state index contributed by atoms with van der Waals surface area (Å²) in [4.78, 5) is 49.0. The molecule has 49 heavy (non-hydrogen) atoms. The number of amides is 3. The lowest BCUT2D eigenvalue weighted by molar-refractivity contribution is -0.150. The van der Waals surface area contributed by atoms with E-state index in [0.29, 0.717) is 44.1 Å². The fourth-order valence-corrected chi connectivity index (χ4v) is 7.39. The minimum Gasteiger partial charge on any atom is -0.390 e. The molecule has 2 aromatic rings. The van der Waals surface area contributed by atoms with E-state index in [1.807, 2.05) is 74.2 Å². The maximum atomic E-state index is 14.9. The van der Waals surface area contributed by atoms with E-state index in [2.05, 4.69) is 10.3 Å². The normalized spacial score (nSPS) is 18.3. The van der Waals surface area contributed by atoms with Crippen molar-refractivity contribution < 1.29 is 24.6 Å². The Morgan fingerprint density at radius 1 is 0.898 bits per heavy atom. The van der Waals surface area contributed by atoms with Gasteiger partial charge in [0.25, 0.3) is 0 Å². The van der Waals surface area contributed by atoms with Crippen LogP contribution in [0.2, 0.25) is 0 Å². The van der Waals surface area contributed by atoms with Gasteiger partial charge >= 0.3 is 0 Å². The van der Waals surface area contributed by atoms with Gasteiger partial charge in [0.2, 0.25) is 17.7 Å². The third kappa shape index (κ3) is 12.2. The number of nitrogens with zero attached hydrogens (tertiary/aromatic N) is 3. The first-order valence-electron chi connectivity index (χ1n) is 18.7. The maximum absolute atomic E-state index is 14.9. The van der Waals surface area contributed by atoms with E-state index in [1.165, 1.54) is 6.42 Å². The highest BCUT2D eigenvalue weighted by Gasteiger charge is 2.42. The lowest BCUT2D eigenvalue weighted by Gasteiger charge is -2.44. The molecule has 1 aromatic carbocycles. The second kappa shape index (κ2) is 19.2. The van der Waals surface area contributed by atoms with Crippen LogP contribution in [0, 0.1) is 23.7 Å². The van der Waals surface area contributed by atoms with E-state index in [4.69, 9.17) is 0 Å². The molecule has 4 rings (SSSR count). The number of aliphatic hydroxyl groups is 2. The standard InChI is InChI=1S/C40H60N4O5/c1-28(2)23-36(45)39(48)35(25-30-13-7-5-8-14-30)44(29(3)32-15-9-6-10-16-32)40(49)33(24-31-18-19-31)26-37(46)42-27-38(47)43(4)22-20-34-17-11-12-21-41-34/h6,9-12,15-17,21,28-31,33,35-36,39,45,48H,5,7-8,13-14,18-20,22-27H2,1-4H3,(H,42,46)/t29-,33+,35-,36-,39+/m0/s1. The summed E-state index contributed by atoms with van der Waals surface area (Å²) in [5, 5.41) is 26.0. The van der Waals surface area contributed by atoms with Crippen LogP contribution in [0.15, 0.2) is 54.7 Å². The summed E-state index contributed by atoms with van der Waals surface area (Å²) in [6.07, 6.45) is 9.46. The predicted molar refractivity (Wildman–Crippen MR) is 192 cm³/mol. The largest absolute Gasteiger partial charge is 0.390 e. The highest BCUT2D eigenvalue weighted by molar-refractivity contribution is 5.89. The van der Waals surface area contributed by atoms with Gasteiger partial charge in [-0.2, -0.15) is 0 Å². The molecule has 1 heterocycles. The zero-order chi connectivity index (χ0) is 35.3. The van der Waals surface area contributed by atoms with Crippen molar-refractivity contribution in [1.82, 2.24) is 20.1 Å². The first-order valence-corrected chi connectivity index (χ1v) is 18.7. The van der Waals surface area contributed by atoms with Crippen molar-refractivity contribution in [1.29, 1.82) is 0 Å². The quantitative estimate of drug-likeness (QED) is 0.176. The van der Waals surface area contributed by atoms with Crippen molar-refractivity contribution in [3.8, 4) is 0 Å². The SMILES string of the molecule is CC(C)C[C@H](O)[C@H](O)[C@H](CC1CCCCC1)N(C(=O)[C@@H](CC(=O)NCC(=O)N(C)CCc1ccccn1)CC1CC1)[C@@H](C)c1ccccc1. The summed E-state index contributed by atoms with van der Waals surface area (Å²) in [5.41, 5.74) is 1.84. The second-order valence-corrected chi connectivity index (χ2v) is 15.1. The third-order valence-corrected chi connectivity index (χ3v) is 10.5. The molecular weight excluding hydrogens is 616 g/mol. The average Bonchev–Trinajstić information content (AvgIpc) is 3.93. The fourth-order valence-electron chi connectivity index (χ4n) is 7.39. The maximum Gasteiger partial charge on any atom is 0.241 e. The monoisotopic (exact) mass is 676 g/mol. The molecule has 5 atom stereocenters. The third-order valence-electron chi connectivity index (χ3n) is 10.5.